The monoisotopic (exact) mass is 339 g/mol. The van der Waals surface area contributed by atoms with Gasteiger partial charge >= 0.3 is 0 Å². The molecule has 3 rings (SSSR count). The molecule has 0 unspecified atom stereocenters. The first-order valence-corrected chi connectivity index (χ1v) is 8.08. The highest BCUT2D eigenvalue weighted by Gasteiger charge is 2.25. The molecule has 122 valence electrons. The van der Waals surface area contributed by atoms with Gasteiger partial charge in [0, 0.05) is 25.2 Å². The van der Waals surface area contributed by atoms with E-state index in [0.29, 0.717) is 23.9 Å². The van der Waals surface area contributed by atoms with Crippen LogP contribution in [0.5, 0.6) is 0 Å². The molecular formula is C14H15F2N5OS. The summed E-state index contributed by atoms with van der Waals surface area (Å²) in [4.78, 5) is 17.6. The average molecular weight is 339 g/mol. The number of benzene rings is 1. The Morgan fingerprint density at radius 3 is 3.09 bits per heavy atom. The molecule has 1 amide bonds. The average Bonchev–Trinajstić information content (AvgIpc) is 3.17. The first-order chi connectivity index (χ1) is 11.1. The molecule has 0 saturated carbocycles. The van der Waals surface area contributed by atoms with Gasteiger partial charge in [-0.3, -0.25) is 9.89 Å². The highest BCUT2D eigenvalue weighted by Crippen LogP contribution is 2.24. The molecule has 0 aliphatic carbocycles. The van der Waals surface area contributed by atoms with E-state index >= 15 is 0 Å². The summed E-state index contributed by atoms with van der Waals surface area (Å²) in [5.41, 5.74) is 0.360. The lowest BCUT2D eigenvalue weighted by molar-refractivity contribution is -0.119. The maximum atomic E-state index is 13.8. The maximum absolute atomic E-state index is 13.8. The number of hydrogen-bond acceptors (Lipinski definition) is 5. The molecule has 1 aliphatic rings. The van der Waals surface area contributed by atoms with Gasteiger partial charge in [0.25, 0.3) is 0 Å². The number of H-pyrrole nitrogens is 1. The summed E-state index contributed by atoms with van der Waals surface area (Å²) in [6.07, 6.45) is 2.10. The third-order valence-electron chi connectivity index (χ3n) is 3.54. The van der Waals surface area contributed by atoms with Crippen LogP contribution in [-0.4, -0.2) is 46.0 Å². The molecule has 9 heteroatoms. The number of nitrogens with zero attached hydrogens (tertiary/aromatic N) is 3. The van der Waals surface area contributed by atoms with Crippen molar-refractivity contribution in [2.24, 2.45) is 0 Å². The van der Waals surface area contributed by atoms with Crippen LogP contribution in [-0.2, 0) is 4.79 Å². The van der Waals surface area contributed by atoms with Crippen LogP contribution in [0, 0.1) is 11.6 Å². The van der Waals surface area contributed by atoms with E-state index in [4.69, 9.17) is 0 Å². The molecule has 1 aromatic carbocycles. The summed E-state index contributed by atoms with van der Waals surface area (Å²) in [7, 11) is 0. The van der Waals surface area contributed by atoms with Crippen LogP contribution in [0.15, 0.2) is 29.7 Å². The molecule has 1 aliphatic heterocycles. The van der Waals surface area contributed by atoms with Gasteiger partial charge in [0.2, 0.25) is 5.91 Å². The summed E-state index contributed by atoms with van der Waals surface area (Å²) >= 11 is 1.26. The fraction of sp³-hybridized carbons (Fsp3) is 0.357. The molecule has 2 aromatic rings. The Morgan fingerprint density at radius 2 is 2.35 bits per heavy atom. The molecule has 1 fully saturated rings. The molecule has 2 heterocycles. The zero-order chi connectivity index (χ0) is 16.2. The van der Waals surface area contributed by atoms with Crippen molar-refractivity contribution in [1.82, 2.24) is 20.5 Å². The van der Waals surface area contributed by atoms with E-state index in [1.165, 1.54) is 30.2 Å². The first kappa shape index (κ1) is 15.7. The standard InChI is InChI=1S/C14H15F2N5OS/c15-9-1-2-12(11(16)5-9)21-4-3-10(6-21)19-13(22)7-23-14-17-8-18-20-14/h1-2,5,8,10H,3-4,6-7H2,(H,19,22)(H,17,18,20)/t10-/m1/s1. The summed E-state index contributed by atoms with van der Waals surface area (Å²) in [5, 5.41) is 9.87. The number of aromatic amines is 1. The van der Waals surface area contributed by atoms with Gasteiger partial charge in [-0.25, -0.2) is 13.8 Å². The number of rotatable bonds is 5. The highest BCUT2D eigenvalue weighted by molar-refractivity contribution is 7.99. The molecule has 0 radical (unpaired) electrons. The second kappa shape index (κ2) is 6.95. The number of thioether (sulfide) groups is 1. The van der Waals surface area contributed by atoms with Gasteiger partial charge in [0.05, 0.1) is 11.4 Å². The third-order valence-corrected chi connectivity index (χ3v) is 4.41. The van der Waals surface area contributed by atoms with E-state index < -0.39 is 11.6 Å². The lowest BCUT2D eigenvalue weighted by Gasteiger charge is -2.19. The Balaban J connectivity index is 1.50. The van der Waals surface area contributed by atoms with Gasteiger partial charge in [-0.15, -0.1) is 0 Å². The quantitative estimate of drug-likeness (QED) is 0.809. The second-order valence-electron chi connectivity index (χ2n) is 5.17. The number of hydrogen-bond donors (Lipinski definition) is 2. The Labute approximate surface area is 135 Å². The summed E-state index contributed by atoms with van der Waals surface area (Å²) in [6, 6.07) is 3.48. The second-order valence-corrected chi connectivity index (χ2v) is 6.14. The number of carbonyl (C=O) groups is 1. The minimum Gasteiger partial charge on any atom is -0.367 e. The van der Waals surface area contributed by atoms with Crippen molar-refractivity contribution in [3.63, 3.8) is 0 Å². The fourth-order valence-corrected chi connectivity index (χ4v) is 3.09. The van der Waals surface area contributed by atoms with Crippen molar-refractivity contribution in [3.05, 3.63) is 36.2 Å². The molecule has 1 saturated heterocycles. The highest BCUT2D eigenvalue weighted by atomic mass is 32.2. The third kappa shape index (κ3) is 3.98. The molecule has 2 N–H and O–H groups in total. The summed E-state index contributed by atoms with van der Waals surface area (Å²) in [6.45, 7) is 1.12. The molecule has 1 aromatic heterocycles. The van der Waals surface area contributed by atoms with E-state index in [2.05, 4.69) is 20.5 Å². The van der Waals surface area contributed by atoms with E-state index in [0.717, 1.165) is 12.5 Å². The summed E-state index contributed by atoms with van der Waals surface area (Å²) in [5.74, 6) is -1.06. The van der Waals surface area contributed by atoms with Gasteiger partial charge in [0.15, 0.2) is 5.16 Å². The Morgan fingerprint density at radius 1 is 1.48 bits per heavy atom. The fourth-order valence-electron chi connectivity index (χ4n) is 2.50. The zero-order valence-electron chi connectivity index (χ0n) is 12.1. The van der Waals surface area contributed by atoms with Crippen molar-refractivity contribution in [3.8, 4) is 0 Å². The van der Waals surface area contributed by atoms with Crippen LogP contribution in [0.2, 0.25) is 0 Å². The number of anilines is 1. The number of nitrogens with one attached hydrogen (secondary N) is 2. The molecular weight excluding hydrogens is 324 g/mol. The van der Waals surface area contributed by atoms with Crippen LogP contribution < -0.4 is 10.2 Å². The van der Waals surface area contributed by atoms with E-state index in [1.807, 2.05) is 4.90 Å². The van der Waals surface area contributed by atoms with Gasteiger partial charge in [-0.2, -0.15) is 5.10 Å². The van der Waals surface area contributed by atoms with Gasteiger partial charge in [-0.05, 0) is 18.6 Å². The van der Waals surface area contributed by atoms with E-state index in [1.54, 1.807) is 0 Å². The maximum Gasteiger partial charge on any atom is 0.230 e. The normalized spacial score (nSPS) is 17.5. The van der Waals surface area contributed by atoms with Crippen LogP contribution in [0.4, 0.5) is 14.5 Å². The van der Waals surface area contributed by atoms with Crippen LogP contribution in [0.25, 0.3) is 0 Å². The minimum atomic E-state index is -0.597. The van der Waals surface area contributed by atoms with E-state index in [-0.39, 0.29) is 17.7 Å². The largest absolute Gasteiger partial charge is 0.367 e. The first-order valence-electron chi connectivity index (χ1n) is 7.09. The van der Waals surface area contributed by atoms with Gasteiger partial charge in [-0.1, -0.05) is 11.8 Å². The molecule has 0 spiro atoms. The smallest absolute Gasteiger partial charge is 0.230 e. The van der Waals surface area contributed by atoms with Crippen molar-refractivity contribution >= 4 is 23.4 Å². The zero-order valence-corrected chi connectivity index (χ0v) is 12.9. The Kier molecular flexibility index (Phi) is 4.75. The van der Waals surface area contributed by atoms with Crippen LogP contribution in [0.1, 0.15) is 6.42 Å². The lowest BCUT2D eigenvalue weighted by atomic mass is 10.2. The van der Waals surface area contributed by atoms with Gasteiger partial charge in [0.1, 0.15) is 18.0 Å². The number of carbonyl (C=O) groups excluding carboxylic acids is 1. The summed E-state index contributed by atoms with van der Waals surface area (Å²) < 4.78 is 26.7. The lowest BCUT2D eigenvalue weighted by Crippen LogP contribution is -2.38. The molecule has 23 heavy (non-hydrogen) atoms. The predicted molar refractivity (Wildman–Crippen MR) is 82.2 cm³/mol. The number of aromatic nitrogens is 3. The number of amides is 1. The topological polar surface area (TPSA) is 73.9 Å². The number of halogens is 2. The van der Waals surface area contributed by atoms with Gasteiger partial charge < -0.3 is 10.2 Å². The van der Waals surface area contributed by atoms with Crippen molar-refractivity contribution in [2.45, 2.75) is 17.6 Å². The molecule has 0 bridgehead atoms. The Hall–Kier alpha value is -2.16. The van der Waals surface area contributed by atoms with Crippen LogP contribution in [0.3, 0.4) is 0 Å². The van der Waals surface area contributed by atoms with E-state index in [9.17, 15) is 13.6 Å². The van der Waals surface area contributed by atoms with Crippen molar-refractivity contribution < 1.29 is 13.6 Å². The Bertz CT molecular complexity index is 682. The van der Waals surface area contributed by atoms with Crippen molar-refractivity contribution in [1.29, 1.82) is 0 Å². The van der Waals surface area contributed by atoms with Crippen LogP contribution >= 0.6 is 11.8 Å². The molecule has 1 atom stereocenters. The molecule has 6 nitrogen and oxygen atoms in total. The SMILES string of the molecule is O=C(CSc1ncn[nH]1)N[C@@H]1CCN(c2ccc(F)cc2F)C1. The minimum absolute atomic E-state index is 0.0534. The predicted octanol–water partition coefficient (Wildman–Crippen LogP) is 1.57. The van der Waals surface area contributed by atoms with Crippen molar-refractivity contribution in [2.75, 3.05) is 23.7 Å².